The molecule has 1 aliphatic heterocycles. The molecule has 10 heteroatoms. The highest BCUT2D eigenvalue weighted by Gasteiger charge is 2.53. The zero-order valence-corrected chi connectivity index (χ0v) is 19.7. The van der Waals surface area contributed by atoms with Gasteiger partial charge in [0.15, 0.2) is 11.5 Å². The molecule has 0 unspecified atom stereocenters. The van der Waals surface area contributed by atoms with Crippen molar-refractivity contribution in [3.63, 3.8) is 0 Å². The maximum Gasteiger partial charge on any atom is 0.471 e. The van der Waals surface area contributed by atoms with Gasteiger partial charge in [0.05, 0.1) is 17.1 Å². The molecular weight excluding hydrogens is 473 g/mol. The van der Waals surface area contributed by atoms with E-state index in [9.17, 15) is 18.0 Å². The minimum absolute atomic E-state index is 0.173. The number of aromatic nitrogens is 3. The van der Waals surface area contributed by atoms with Crippen molar-refractivity contribution in [3.05, 3.63) is 47.9 Å². The average molecular weight is 499 g/mol. The van der Waals surface area contributed by atoms with Crippen molar-refractivity contribution in [1.29, 1.82) is 0 Å². The number of hydrogen-bond acceptors (Lipinski definition) is 5. The van der Waals surface area contributed by atoms with Crippen LogP contribution >= 0.6 is 0 Å². The SMILES string of the molecule is Cc1cccc(-c2[nH]c(C34CCC(NC(=O)C(F)(F)F)(CC3)CC4)nc2-c2ccc3c(c2)OCO3)n1. The number of benzene rings is 1. The highest BCUT2D eigenvalue weighted by atomic mass is 19.4. The molecule has 2 N–H and O–H groups in total. The molecule has 3 aliphatic carbocycles. The fourth-order valence-electron chi connectivity index (χ4n) is 5.78. The van der Waals surface area contributed by atoms with E-state index in [2.05, 4.69) is 10.3 Å². The number of aromatic amines is 1. The van der Waals surface area contributed by atoms with Crippen LogP contribution in [-0.2, 0) is 10.2 Å². The zero-order valence-electron chi connectivity index (χ0n) is 19.7. The first kappa shape index (κ1) is 22.9. The van der Waals surface area contributed by atoms with E-state index in [1.54, 1.807) is 0 Å². The van der Waals surface area contributed by atoms with Crippen LogP contribution in [0.1, 0.15) is 50.0 Å². The molecule has 4 aliphatic rings. The predicted octanol–water partition coefficient (Wildman–Crippen LogP) is 5.20. The Morgan fingerprint density at radius 3 is 2.42 bits per heavy atom. The van der Waals surface area contributed by atoms with Crippen LogP contribution in [0.3, 0.4) is 0 Å². The van der Waals surface area contributed by atoms with Crippen molar-refractivity contribution < 1.29 is 27.4 Å². The lowest BCUT2D eigenvalue weighted by molar-refractivity contribution is -0.177. The summed E-state index contributed by atoms with van der Waals surface area (Å²) in [7, 11) is 0. The summed E-state index contributed by atoms with van der Waals surface area (Å²) >= 11 is 0. The molecule has 0 spiro atoms. The molecule has 2 aromatic heterocycles. The molecular formula is C26H25F3N4O3. The van der Waals surface area contributed by atoms with Gasteiger partial charge in [-0.1, -0.05) is 6.07 Å². The van der Waals surface area contributed by atoms with Crippen LogP contribution in [0.2, 0.25) is 0 Å². The predicted molar refractivity (Wildman–Crippen MR) is 124 cm³/mol. The third kappa shape index (κ3) is 3.79. The Balaban J connectivity index is 1.36. The van der Waals surface area contributed by atoms with Crippen molar-refractivity contribution in [3.8, 4) is 34.1 Å². The summed E-state index contributed by atoms with van der Waals surface area (Å²) in [4.78, 5) is 25.0. The number of pyridine rings is 1. The van der Waals surface area contributed by atoms with Gasteiger partial charge < -0.3 is 19.8 Å². The van der Waals surface area contributed by atoms with Crippen LogP contribution in [0, 0.1) is 6.92 Å². The number of ether oxygens (including phenoxy) is 2. The van der Waals surface area contributed by atoms with E-state index in [0.29, 0.717) is 50.0 Å². The lowest BCUT2D eigenvalue weighted by Gasteiger charge is -2.52. The number of carbonyl (C=O) groups is 1. The third-order valence-electron chi connectivity index (χ3n) is 7.88. The highest BCUT2D eigenvalue weighted by Crippen LogP contribution is 2.54. The Hall–Kier alpha value is -3.56. The van der Waals surface area contributed by atoms with Gasteiger partial charge in [0.1, 0.15) is 5.82 Å². The van der Waals surface area contributed by atoms with Crippen LogP contribution in [0.15, 0.2) is 36.4 Å². The van der Waals surface area contributed by atoms with Gasteiger partial charge in [-0.25, -0.2) is 4.98 Å². The van der Waals surface area contributed by atoms with Gasteiger partial charge in [0.2, 0.25) is 6.79 Å². The second-order valence-electron chi connectivity index (χ2n) is 10.1. The fraction of sp³-hybridized carbons (Fsp3) is 0.423. The third-order valence-corrected chi connectivity index (χ3v) is 7.88. The summed E-state index contributed by atoms with van der Waals surface area (Å²) < 4.78 is 49.7. The average Bonchev–Trinajstić information content (AvgIpc) is 3.52. The Kier molecular flexibility index (Phi) is 5.07. The van der Waals surface area contributed by atoms with Gasteiger partial charge >= 0.3 is 12.1 Å². The number of H-pyrrole nitrogens is 1. The van der Waals surface area contributed by atoms with E-state index in [1.165, 1.54) is 0 Å². The van der Waals surface area contributed by atoms with Gasteiger partial charge in [0, 0.05) is 22.2 Å². The highest BCUT2D eigenvalue weighted by molar-refractivity contribution is 5.82. The molecule has 1 aromatic carbocycles. The number of alkyl halides is 3. The number of amides is 1. The number of imidazole rings is 1. The lowest BCUT2D eigenvalue weighted by atomic mass is 9.57. The van der Waals surface area contributed by atoms with Gasteiger partial charge in [-0.2, -0.15) is 13.2 Å². The summed E-state index contributed by atoms with van der Waals surface area (Å²) in [5, 5.41) is 2.30. The molecule has 0 radical (unpaired) electrons. The maximum absolute atomic E-state index is 12.9. The van der Waals surface area contributed by atoms with Crippen LogP contribution < -0.4 is 14.8 Å². The zero-order chi connectivity index (χ0) is 25.1. The number of fused-ring (bicyclic) bond motifs is 4. The molecule has 7 nitrogen and oxygen atoms in total. The minimum Gasteiger partial charge on any atom is -0.454 e. The normalized spacial score (nSPS) is 24.7. The first-order valence-electron chi connectivity index (χ1n) is 12.0. The molecule has 3 aromatic rings. The molecule has 3 fully saturated rings. The summed E-state index contributed by atoms with van der Waals surface area (Å²) in [6, 6.07) is 11.5. The van der Waals surface area contributed by atoms with E-state index in [-0.39, 0.29) is 12.2 Å². The second kappa shape index (κ2) is 7.97. The van der Waals surface area contributed by atoms with Crippen LogP contribution in [0.25, 0.3) is 22.6 Å². The van der Waals surface area contributed by atoms with Crippen molar-refractivity contribution in [2.75, 3.05) is 6.79 Å². The van der Waals surface area contributed by atoms with E-state index in [0.717, 1.165) is 34.2 Å². The van der Waals surface area contributed by atoms with E-state index in [4.69, 9.17) is 19.4 Å². The summed E-state index contributed by atoms with van der Waals surface area (Å²) in [5.41, 5.74) is 2.92. The summed E-state index contributed by atoms with van der Waals surface area (Å²) in [5.74, 6) is 0.288. The van der Waals surface area contributed by atoms with Gasteiger partial charge in [-0.3, -0.25) is 9.78 Å². The quantitative estimate of drug-likeness (QED) is 0.516. The van der Waals surface area contributed by atoms with Crippen molar-refractivity contribution >= 4 is 5.91 Å². The molecule has 2 bridgehead atoms. The summed E-state index contributed by atoms with van der Waals surface area (Å²) in [6.45, 7) is 2.10. The standard InChI is InChI=1S/C26H25F3N4O3/c1-15-3-2-4-17(30-15)21-20(16-5-6-18-19(13-16)36-14-35-18)31-22(32-21)24-7-10-25(11-8-24,12-9-24)33-23(34)26(27,28)29/h2-6,13H,7-12,14H2,1H3,(H,31,32)(H,33,34). The van der Waals surface area contributed by atoms with E-state index >= 15 is 0 Å². The number of carbonyl (C=O) groups excluding carboxylic acids is 1. The second-order valence-corrected chi connectivity index (χ2v) is 10.1. The topological polar surface area (TPSA) is 89.1 Å². The molecule has 36 heavy (non-hydrogen) atoms. The minimum atomic E-state index is -4.88. The van der Waals surface area contributed by atoms with E-state index in [1.807, 2.05) is 43.3 Å². The Bertz CT molecular complexity index is 1330. The first-order valence-corrected chi connectivity index (χ1v) is 12.0. The monoisotopic (exact) mass is 498 g/mol. The smallest absolute Gasteiger partial charge is 0.454 e. The number of hydrogen-bond donors (Lipinski definition) is 2. The summed E-state index contributed by atoms with van der Waals surface area (Å²) in [6.07, 6.45) is -1.52. The molecule has 0 atom stereocenters. The lowest BCUT2D eigenvalue weighted by Crippen LogP contribution is -2.60. The fourth-order valence-corrected chi connectivity index (χ4v) is 5.78. The number of halogens is 3. The molecule has 3 saturated carbocycles. The van der Waals surface area contributed by atoms with Gasteiger partial charge in [-0.15, -0.1) is 0 Å². The van der Waals surface area contributed by atoms with Crippen LogP contribution in [0.5, 0.6) is 11.5 Å². The van der Waals surface area contributed by atoms with Crippen molar-refractivity contribution in [2.45, 2.75) is 62.6 Å². The van der Waals surface area contributed by atoms with Crippen molar-refractivity contribution in [2.24, 2.45) is 0 Å². The van der Waals surface area contributed by atoms with Crippen LogP contribution in [-0.4, -0.2) is 39.4 Å². The largest absolute Gasteiger partial charge is 0.471 e. The number of rotatable bonds is 4. The Morgan fingerprint density at radius 1 is 1.00 bits per heavy atom. The van der Waals surface area contributed by atoms with E-state index < -0.39 is 17.6 Å². The Labute approximate surface area is 205 Å². The molecule has 3 heterocycles. The van der Waals surface area contributed by atoms with Gasteiger partial charge in [0.25, 0.3) is 0 Å². The molecule has 1 amide bonds. The number of aryl methyl sites for hydroxylation is 1. The Morgan fingerprint density at radius 2 is 1.72 bits per heavy atom. The maximum atomic E-state index is 12.9. The van der Waals surface area contributed by atoms with Gasteiger partial charge in [-0.05, 0) is 75.8 Å². The number of nitrogens with one attached hydrogen (secondary N) is 2. The molecule has 188 valence electrons. The van der Waals surface area contributed by atoms with Crippen molar-refractivity contribution in [1.82, 2.24) is 20.3 Å². The van der Waals surface area contributed by atoms with Crippen LogP contribution in [0.4, 0.5) is 13.2 Å². The molecule has 7 rings (SSSR count). The number of nitrogens with zero attached hydrogens (tertiary/aromatic N) is 2. The molecule has 0 saturated heterocycles. The first-order chi connectivity index (χ1) is 17.2.